The molecule has 0 aromatic heterocycles. The molecule has 0 amide bonds. The van der Waals surface area contributed by atoms with Gasteiger partial charge in [-0.1, -0.05) is 87.2 Å². The first-order valence-electron chi connectivity index (χ1n) is 12.6. The van der Waals surface area contributed by atoms with Crippen molar-refractivity contribution < 1.29 is 0 Å². The lowest BCUT2D eigenvalue weighted by molar-refractivity contribution is 0.165. The van der Waals surface area contributed by atoms with Crippen molar-refractivity contribution in [1.82, 2.24) is 4.90 Å². The van der Waals surface area contributed by atoms with Gasteiger partial charge in [0.25, 0.3) is 0 Å². The highest BCUT2D eigenvalue weighted by Gasteiger charge is 2.41. The van der Waals surface area contributed by atoms with Crippen LogP contribution in [0.25, 0.3) is 0 Å². The summed E-state index contributed by atoms with van der Waals surface area (Å²) in [5, 5.41) is 11.3. The zero-order valence-electron chi connectivity index (χ0n) is 19.9. The first kappa shape index (κ1) is 24.8. The molecule has 2 aromatic carbocycles. The van der Waals surface area contributed by atoms with Crippen LogP contribution in [0.15, 0.2) is 54.6 Å². The molecular weight excluding hydrogens is 412 g/mol. The van der Waals surface area contributed by atoms with Crippen molar-refractivity contribution in [1.29, 1.82) is 5.26 Å². The van der Waals surface area contributed by atoms with Gasteiger partial charge in [0.05, 0.1) is 11.5 Å². The van der Waals surface area contributed by atoms with Crippen molar-refractivity contribution in [3.8, 4) is 6.07 Å². The number of hydrogen-bond acceptors (Lipinski definition) is 2. The van der Waals surface area contributed by atoms with E-state index in [1.165, 1.54) is 43.2 Å². The number of nitrogens with zero attached hydrogens (tertiary/aromatic N) is 2. The third-order valence-electron chi connectivity index (χ3n) is 7.66. The van der Waals surface area contributed by atoms with Crippen molar-refractivity contribution >= 4 is 11.6 Å². The van der Waals surface area contributed by atoms with Gasteiger partial charge in [0.2, 0.25) is 0 Å². The first-order chi connectivity index (χ1) is 15.6. The van der Waals surface area contributed by atoms with E-state index in [2.05, 4.69) is 67.3 Å². The fourth-order valence-electron chi connectivity index (χ4n) is 5.69. The second-order valence-electron chi connectivity index (χ2n) is 9.39. The van der Waals surface area contributed by atoms with Gasteiger partial charge in [0, 0.05) is 17.6 Å². The summed E-state index contributed by atoms with van der Waals surface area (Å²) in [6.45, 7) is 6.69. The molecule has 32 heavy (non-hydrogen) atoms. The molecule has 1 fully saturated rings. The monoisotopic (exact) mass is 450 g/mol. The summed E-state index contributed by atoms with van der Waals surface area (Å²) in [6, 6.07) is 22.3. The summed E-state index contributed by atoms with van der Waals surface area (Å²) < 4.78 is 0. The van der Waals surface area contributed by atoms with Crippen molar-refractivity contribution in [2.75, 3.05) is 13.1 Å². The van der Waals surface area contributed by atoms with Crippen LogP contribution in [0.3, 0.4) is 0 Å². The lowest BCUT2D eigenvalue weighted by atomic mass is 9.63. The van der Waals surface area contributed by atoms with Crippen LogP contribution >= 0.6 is 11.6 Å². The normalized spacial score (nSPS) is 17.6. The van der Waals surface area contributed by atoms with Crippen molar-refractivity contribution in [3.05, 3.63) is 70.7 Å². The summed E-state index contributed by atoms with van der Waals surface area (Å²) in [5.41, 5.74) is 2.16. The number of nitriles is 1. The second kappa shape index (κ2) is 12.4. The minimum atomic E-state index is -0.405. The van der Waals surface area contributed by atoms with Crippen molar-refractivity contribution in [3.63, 3.8) is 0 Å². The molecular formula is C29H39ClN2. The Kier molecular flexibility index (Phi) is 9.64. The fraction of sp³-hybridized carbons (Fsp3) is 0.552. The first-order valence-corrected chi connectivity index (χ1v) is 13.0. The maximum atomic E-state index is 10.6. The van der Waals surface area contributed by atoms with Gasteiger partial charge >= 0.3 is 0 Å². The Morgan fingerprint density at radius 3 is 2.31 bits per heavy atom. The molecule has 0 aliphatic heterocycles. The predicted molar refractivity (Wildman–Crippen MR) is 136 cm³/mol. The van der Waals surface area contributed by atoms with E-state index >= 15 is 0 Å². The lowest BCUT2D eigenvalue weighted by Gasteiger charge is -2.40. The molecule has 2 aromatic rings. The Balaban J connectivity index is 1.76. The third kappa shape index (κ3) is 6.15. The molecule has 2 unspecified atom stereocenters. The van der Waals surface area contributed by atoms with Crippen molar-refractivity contribution in [2.45, 2.75) is 83.1 Å². The van der Waals surface area contributed by atoms with E-state index in [0.29, 0.717) is 12.0 Å². The number of hydrogen-bond donors (Lipinski definition) is 0. The largest absolute Gasteiger partial charge is 0.300 e. The lowest BCUT2D eigenvalue weighted by Crippen LogP contribution is -2.40. The van der Waals surface area contributed by atoms with E-state index < -0.39 is 5.41 Å². The molecule has 1 aliphatic rings. The maximum Gasteiger partial charge on any atom is 0.0851 e. The molecule has 2 atom stereocenters. The van der Waals surface area contributed by atoms with Gasteiger partial charge in [0.15, 0.2) is 0 Å². The Morgan fingerprint density at radius 2 is 1.72 bits per heavy atom. The van der Waals surface area contributed by atoms with E-state index in [1.807, 2.05) is 12.1 Å². The number of benzene rings is 2. The van der Waals surface area contributed by atoms with Crippen LogP contribution in [0.1, 0.15) is 76.3 Å². The highest BCUT2D eigenvalue weighted by Crippen LogP contribution is 2.45. The molecule has 172 valence electrons. The molecule has 0 radical (unpaired) electrons. The van der Waals surface area contributed by atoms with E-state index in [0.717, 1.165) is 43.8 Å². The molecule has 0 bridgehead atoms. The second-order valence-corrected chi connectivity index (χ2v) is 9.83. The number of halogens is 1. The minimum absolute atomic E-state index is 0.405. The van der Waals surface area contributed by atoms with Crippen LogP contribution in [-0.4, -0.2) is 24.0 Å². The SMILES string of the molecule is CCC(CCC(C#N)(c1ccc(Cl)cc1)C1CCCCC1)N(CC)CCc1ccccc1. The Morgan fingerprint density at radius 1 is 1.03 bits per heavy atom. The Bertz CT molecular complexity index is 836. The molecule has 1 saturated carbocycles. The van der Waals surface area contributed by atoms with E-state index in [9.17, 15) is 5.26 Å². The van der Waals surface area contributed by atoms with Crippen LogP contribution in [-0.2, 0) is 11.8 Å². The Hall–Kier alpha value is -1.82. The molecule has 3 rings (SSSR count). The van der Waals surface area contributed by atoms with Crippen LogP contribution < -0.4 is 0 Å². The highest BCUT2D eigenvalue weighted by atomic mass is 35.5. The molecule has 0 spiro atoms. The predicted octanol–water partition coefficient (Wildman–Crippen LogP) is 7.81. The molecule has 0 heterocycles. The molecule has 1 aliphatic carbocycles. The van der Waals surface area contributed by atoms with E-state index in [-0.39, 0.29) is 0 Å². The number of rotatable bonds is 11. The van der Waals surface area contributed by atoms with Gasteiger partial charge in [-0.05, 0) is 74.2 Å². The standard InChI is InChI=1S/C29H39ClN2/c1-3-28(32(4-2)22-20-24-11-7-5-8-12-24)19-21-29(23-31,25-13-9-6-10-14-25)26-15-17-27(30)18-16-26/h5,7-8,11-12,15-18,25,28H,3-4,6,9-10,13-14,19-22H2,1-2H3. The summed E-state index contributed by atoms with van der Waals surface area (Å²) in [5.74, 6) is 0.444. The Labute approximate surface area is 200 Å². The zero-order chi connectivity index (χ0) is 22.8. The van der Waals surface area contributed by atoms with Gasteiger partial charge in [0.1, 0.15) is 0 Å². The minimum Gasteiger partial charge on any atom is -0.300 e. The van der Waals surface area contributed by atoms with Gasteiger partial charge < -0.3 is 4.90 Å². The van der Waals surface area contributed by atoms with Crippen molar-refractivity contribution in [2.24, 2.45) is 5.92 Å². The topological polar surface area (TPSA) is 27.0 Å². The molecule has 3 heteroatoms. The third-order valence-corrected chi connectivity index (χ3v) is 7.91. The quantitative estimate of drug-likeness (QED) is 0.349. The summed E-state index contributed by atoms with van der Waals surface area (Å²) >= 11 is 6.20. The average molecular weight is 451 g/mol. The summed E-state index contributed by atoms with van der Waals surface area (Å²) in [7, 11) is 0. The maximum absolute atomic E-state index is 10.6. The summed E-state index contributed by atoms with van der Waals surface area (Å²) in [6.07, 6.45) is 10.3. The number of likely N-dealkylation sites (N-methyl/N-ethyl adjacent to an activating group) is 1. The molecule has 0 N–H and O–H groups in total. The van der Waals surface area contributed by atoms with E-state index in [1.54, 1.807) is 0 Å². The molecule has 0 saturated heterocycles. The van der Waals surface area contributed by atoms with E-state index in [4.69, 9.17) is 11.6 Å². The van der Waals surface area contributed by atoms with Crippen LogP contribution in [0.5, 0.6) is 0 Å². The highest BCUT2D eigenvalue weighted by molar-refractivity contribution is 6.30. The average Bonchev–Trinajstić information content (AvgIpc) is 2.85. The van der Waals surface area contributed by atoms with Crippen LogP contribution in [0.4, 0.5) is 0 Å². The van der Waals surface area contributed by atoms with Crippen LogP contribution in [0.2, 0.25) is 5.02 Å². The fourth-order valence-corrected chi connectivity index (χ4v) is 5.82. The van der Waals surface area contributed by atoms with Gasteiger partial charge in [-0.3, -0.25) is 0 Å². The molecule has 2 nitrogen and oxygen atoms in total. The van der Waals surface area contributed by atoms with Gasteiger partial charge in [-0.15, -0.1) is 0 Å². The smallest absolute Gasteiger partial charge is 0.0851 e. The van der Waals surface area contributed by atoms with Gasteiger partial charge in [-0.25, -0.2) is 0 Å². The zero-order valence-corrected chi connectivity index (χ0v) is 20.7. The van der Waals surface area contributed by atoms with Crippen LogP contribution in [0, 0.1) is 17.2 Å². The summed E-state index contributed by atoms with van der Waals surface area (Å²) in [4.78, 5) is 2.62. The van der Waals surface area contributed by atoms with Gasteiger partial charge in [-0.2, -0.15) is 5.26 Å².